The summed E-state index contributed by atoms with van der Waals surface area (Å²) < 4.78 is 10.2. The fourth-order valence-corrected chi connectivity index (χ4v) is 3.07. The molecular formula is C13H20O4. The molecule has 3 atom stereocenters. The highest BCUT2D eigenvalue weighted by Crippen LogP contribution is 2.39. The quantitative estimate of drug-likeness (QED) is 0.692. The van der Waals surface area contributed by atoms with Crippen LogP contribution in [0.25, 0.3) is 0 Å². The van der Waals surface area contributed by atoms with Gasteiger partial charge in [-0.25, -0.2) is 0 Å². The predicted octanol–water partition coefficient (Wildman–Crippen LogP) is 1.92. The highest BCUT2D eigenvalue weighted by molar-refractivity contribution is 5.85. The predicted molar refractivity (Wildman–Crippen MR) is 61.1 cm³/mol. The van der Waals surface area contributed by atoms with Crippen LogP contribution in [0, 0.1) is 17.8 Å². The molecule has 0 unspecified atom stereocenters. The Labute approximate surface area is 102 Å². The Bertz CT molecular complexity index is 307. The zero-order chi connectivity index (χ0) is 12.4. The number of carbonyl (C=O) groups excluding carboxylic acids is 2. The van der Waals surface area contributed by atoms with Crippen molar-refractivity contribution < 1.29 is 19.1 Å². The lowest BCUT2D eigenvalue weighted by Crippen LogP contribution is -2.35. The summed E-state index contributed by atoms with van der Waals surface area (Å²) in [6.07, 6.45) is 5.43. The van der Waals surface area contributed by atoms with E-state index < -0.39 is 5.92 Å². The molecule has 17 heavy (non-hydrogen) atoms. The summed E-state index contributed by atoms with van der Waals surface area (Å²) in [5, 5.41) is 0. The average molecular weight is 240 g/mol. The maximum absolute atomic E-state index is 11.8. The van der Waals surface area contributed by atoms with E-state index >= 15 is 0 Å². The molecule has 96 valence electrons. The number of methoxy groups -OCH3 is 1. The Morgan fingerprint density at radius 3 is 2.53 bits per heavy atom. The summed E-state index contributed by atoms with van der Waals surface area (Å²) in [5.41, 5.74) is 0. The normalized spacial score (nSPS) is 34.5. The van der Waals surface area contributed by atoms with Crippen molar-refractivity contribution in [1.82, 2.24) is 0 Å². The molecule has 1 aliphatic carbocycles. The minimum absolute atomic E-state index is 0.254. The number of esters is 2. The molecule has 0 N–H and O–H groups in total. The first-order valence-corrected chi connectivity index (χ1v) is 6.43. The minimum Gasteiger partial charge on any atom is -0.469 e. The molecule has 1 saturated heterocycles. The first-order valence-electron chi connectivity index (χ1n) is 6.43. The average Bonchev–Trinajstić information content (AvgIpc) is 2.66. The lowest BCUT2D eigenvalue weighted by atomic mass is 9.78. The maximum atomic E-state index is 11.8. The first-order chi connectivity index (χ1) is 8.15. The van der Waals surface area contributed by atoms with E-state index in [1.165, 1.54) is 26.4 Å². The lowest BCUT2D eigenvalue weighted by Gasteiger charge is -2.29. The Hall–Kier alpha value is -1.06. The number of cyclic esters (lactones) is 1. The smallest absolute Gasteiger partial charge is 0.313 e. The standard InChI is InChI=1S/C13H20O4/c1-8-10(13(15)16-2)11(17-12(8)14)9-6-4-3-5-7-9/h8-11H,3-7H2,1-2H3/t8-,10-,11+/m1/s1. The second-order valence-corrected chi connectivity index (χ2v) is 5.14. The van der Waals surface area contributed by atoms with Crippen LogP contribution in [0.3, 0.4) is 0 Å². The van der Waals surface area contributed by atoms with Crippen LogP contribution >= 0.6 is 0 Å². The van der Waals surface area contributed by atoms with Gasteiger partial charge in [-0.2, -0.15) is 0 Å². The van der Waals surface area contributed by atoms with Gasteiger partial charge < -0.3 is 9.47 Å². The molecule has 0 aromatic rings. The number of rotatable bonds is 2. The van der Waals surface area contributed by atoms with Crippen molar-refractivity contribution >= 4 is 11.9 Å². The summed E-state index contributed by atoms with van der Waals surface area (Å²) >= 11 is 0. The zero-order valence-corrected chi connectivity index (χ0v) is 10.5. The minimum atomic E-state index is -0.407. The fraction of sp³-hybridized carbons (Fsp3) is 0.846. The van der Waals surface area contributed by atoms with Crippen LogP contribution in [-0.4, -0.2) is 25.2 Å². The van der Waals surface area contributed by atoms with Crippen LogP contribution in [0.2, 0.25) is 0 Å². The van der Waals surface area contributed by atoms with Crippen molar-refractivity contribution in [1.29, 1.82) is 0 Å². The number of carbonyl (C=O) groups is 2. The van der Waals surface area contributed by atoms with Crippen molar-refractivity contribution in [2.24, 2.45) is 17.8 Å². The van der Waals surface area contributed by atoms with E-state index in [1.54, 1.807) is 6.92 Å². The Balaban J connectivity index is 2.13. The molecule has 0 bridgehead atoms. The van der Waals surface area contributed by atoms with Gasteiger partial charge in [0, 0.05) is 0 Å². The van der Waals surface area contributed by atoms with E-state index in [0.717, 1.165) is 12.8 Å². The highest BCUT2D eigenvalue weighted by atomic mass is 16.6. The summed E-state index contributed by atoms with van der Waals surface area (Å²) in [6.45, 7) is 1.76. The molecule has 0 amide bonds. The number of hydrogen-bond donors (Lipinski definition) is 0. The maximum Gasteiger partial charge on any atom is 0.313 e. The van der Waals surface area contributed by atoms with Crippen molar-refractivity contribution in [3.63, 3.8) is 0 Å². The van der Waals surface area contributed by atoms with E-state index in [4.69, 9.17) is 9.47 Å². The van der Waals surface area contributed by atoms with Gasteiger partial charge in [0.05, 0.1) is 13.0 Å². The summed E-state index contributed by atoms with van der Waals surface area (Å²) in [5.74, 6) is -0.998. The van der Waals surface area contributed by atoms with Crippen LogP contribution in [0.4, 0.5) is 0 Å². The molecule has 0 aromatic carbocycles. The van der Waals surface area contributed by atoms with Crippen LogP contribution in [0.15, 0.2) is 0 Å². The van der Waals surface area contributed by atoms with Gasteiger partial charge in [-0.15, -0.1) is 0 Å². The molecule has 2 aliphatic rings. The van der Waals surface area contributed by atoms with Gasteiger partial charge in [0.25, 0.3) is 0 Å². The van der Waals surface area contributed by atoms with Crippen LogP contribution < -0.4 is 0 Å². The van der Waals surface area contributed by atoms with E-state index in [9.17, 15) is 9.59 Å². The molecular weight excluding hydrogens is 220 g/mol. The summed E-state index contributed by atoms with van der Waals surface area (Å²) in [4.78, 5) is 23.4. The third-order valence-electron chi connectivity index (χ3n) is 4.10. The molecule has 0 radical (unpaired) electrons. The van der Waals surface area contributed by atoms with Crippen molar-refractivity contribution in [2.75, 3.05) is 7.11 Å². The highest BCUT2D eigenvalue weighted by Gasteiger charge is 2.50. The van der Waals surface area contributed by atoms with Crippen LogP contribution in [-0.2, 0) is 19.1 Å². The van der Waals surface area contributed by atoms with Gasteiger partial charge in [0.2, 0.25) is 0 Å². The number of ether oxygens (including phenoxy) is 2. The molecule has 2 fully saturated rings. The molecule has 4 nitrogen and oxygen atoms in total. The largest absolute Gasteiger partial charge is 0.469 e. The van der Waals surface area contributed by atoms with Gasteiger partial charge in [-0.05, 0) is 18.8 Å². The van der Waals surface area contributed by atoms with E-state index in [2.05, 4.69) is 0 Å². The van der Waals surface area contributed by atoms with Crippen molar-refractivity contribution in [3.05, 3.63) is 0 Å². The van der Waals surface area contributed by atoms with Gasteiger partial charge in [-0.3, -0.25) is 9.59 Å². The van der Waals surface area contributed by atoms with Crippen LogP contribution in [0.1, 0.15) is 39.0 Å². The zero-order valence-electron chi connectivity index (χ0n) is 10.5. The van der Waals surface area contributed by atoms with Crippen LogP contribution in [0.5, 0.6) is 0 Å². The molecule has 4 heteroatoms. The molecule has 0 aromatic heterocycles. The SMILES string of the molecule is COC(=O)[C@@H]1[C@@H](C)C(=O)O[C@H]1C1CCCCC1. The van der Waals surface area contributed by atoms with Crippen molar-refractivity contribution in [3.8, 4) is 0 Å². The second-order valence-electron chi connectivity index (χ2n) is 5.14. The summed E-state index contributed by atoms with van der Waals surface area (Å²) in [6, 6.07) is 0. The van der Waals surface area contributed by atoms with E-state index in [1.807, 2.05) is 0 Å². The monoisotopic (exact) mass is 240 g/mol. The summed E-state index contributed by atoms with van der Waals surface area (Å²) in [7, 11) is 1.37. The number of hydrogen-bond acceptors (Lipinski definition) is 4. The third kappa shape index (κ3) is 2.31. The topological polar surface area (TPSA) is 52.6 Å². The lowest BCUT2D eigenvalue weighted by molar-refractivity contribution is -0.150. The second kappa shape index (κ2) is 5.07. The van der Waals surface area contributed by atoms with E-state index in [-0.39, 0.29) is 24.0 Å². The van der Waals surface area contributed by atoms with Gasteiger partial charge >= 0.3 is 11.9 Å². The molecule has 1 heterocycles. The van der Waals surface area contributed by atoms with Crippen molar-refractivity contribution in [2.45, 2.75) is 45.1 Å². The molecule has 1 aliphatic heterocycles. The van der Waals surface area contributed by atoms with Gasteiger partial charge in [0.1, 0.15) is 12.0 Å². The van der Waals surface area contributed by atoms with Gasteiger partial charge in [0.15, 0.2) is 0 Å². The Morgan fingerprint density at radius 2 is 1.94 bits per heavy atom. The first kappa shape index (κ1) is 12.4. The van der Waals surface area contributed by atoms with E-state index in [0.29, 0.717) is 5.92 Å². The third-order valence-corrected chi connectivity index (χ3v) is 4.10. The molecule has 0 spiro atoms. The fourth-order valence-electron chi connectivity index (χ4n) is 3.07. The molecule has 1 saturated carbocycles. The molecule has 2 rings (SSSR count). The Morgan fingerprint density at radius 1 is 1.29 bits per heavy atom. The Kier molecular flexibility index (Phi) is 3.69. The van der Waals surface area contributed by atoms with Gasteiger partial charge in [-0.1, -0.05) is 26.2 Å².